The summed E-state index contributed by atoms with van der Waals surface area (Å²) in [6.07, 6.45) is 21.3. The molecule has 0 amide bonds. The van der Waals surface area contributed by atoms with Gasteiger partial charge in [-0.3, -0.25) is 4.79 Å². The summed E-state index contributed by atoms with van der Waals surface area (Å²) < 4.78 is 5.44. The lowest BCUT2D eigenvalue weighted by atomic mass is 9.66. The van der Waals surface area contributed by atoms with Crippen LogP contribution in [0.5, 0.6) is 0 Å². The van der Waals surface area contributed by atoms with Gasteiger partial charge in [-0.05, 0) is 82.8 Å². The van der Waals surface area contributed by atoms with E-state index in [0.717, 1.165) is 57.8 Å². The van der Waals surface area contributed by atoms with Gasteiger partial charge in [-0.25, -0.2) is 0 Å². The maximum atomic E-state index is 11.3. The third-order valence-electron chi connectivity index (χ3n) is 7.07. The smallest absolute Gasteiger partial charge is 0.302 e. The minimum absolute atomic E-state index is 0.0559. The first-order chi connectivity index (χ1) is 14.2. The van der Waals surface area contributed by atoms with E-state index >= 15 is 0 Å². The maximum Gasteiger partial charge on any atom is 0.302 e. The van der Waals surface area contributed by atoms with Crippen molar-refractivity contribution in [1.82, 2.24) is 0 Å². The zero-order valence-electron chi connectivity index (χ0n) is 19.4. The minimum atomic E-state index is -0.556. The van der Waals surface area contributed by atoms with E-state index in [0.29, 0.717) is 0 Å². The molecule has 2 fully saturated rings. The van der Waals surface area contributed by atoms with Crippen molar-refractivity contribution >= 4 is 5.97 Å². The molecule has 3 rings (SSSR count). The molecule has 30 heavy (non-hydrogen) atoms. The Labute approximate surface area is 183 Å². The number of carbonyl (C=O) groups is 1. The third-order valence-corrected chi connectivity index (χ3v) is 7.07. The van der Waals surface area contributed by atoms with Gasteiger partial charge >= 0.3 is 5.97 Å². The highest BCUT2D eigenvalue weighted by Crippen LogP contribution is 2.53. The van der Waals surface area contributed by atoms with E-state index in [1.807, 2.05) is 13.8 Å². The molecule has 0 unspecified atom stereocenters. The highest BCUT2D eigenvalue weighted by molar-refractivity contribution is 5.66. The highest BCUT2D eigenvalue weighted by Gasteiger charge is 2.39. The van der Waals surface area contributed by atoms with Crippen LogP contribution in [0, 0.1) is 5.41 Å². The van der Waals surface area contributed by atoms with E-state index in [1.165, 1.54) is 36.5 Å². The predicted molar refractivity (Wildman–Crippen MR) is 123 cm³/mol. The Morgan fingerprint density at radius 3 is 2.77 bits per heavy atom. The quantitative estimate of drug-likeness (QED) is 0.372. The normalized spacial score (nSPS) is 29.6. The largest absolute Gasteiger partial charge is 0.462 e. The van der Waals surface area contributed by atoms with Gasteiger partial charge in [-0.1, -0.05) is 48.8 Å². The number of allylic oxidation sites excluding steroid dienone is 7. The van der Waals surface area contributed by atoms with Crippen LogP contribution in [0.4, 0.5) is 0 Å². The zero-order chi connectivity index (χ0) is 21.8. The summed E-state index contributed by atoms with van der Waals surface area (Å²) in [5.41, 5.74) is 5.59. The summed E-state index contributed by atoms with van der Waals surface area (Å²) in [6, 6.07) is 0. The Hall–Kier alpha value is -1.61. The van der Waals surface area contributed by atoms with Gasteiger partial charge in [0.25, 0.3) is 0 Å². The molecule has 0 saturated heterocycles. The lowest BCUT2D eigenvalue weighted by Crippen LogP contribution is -2.25. The summed E-state index contributed by atoms with van der Waals surface area (Å²) in [4.78, 5) is 11.3. The van der Waals surface area contributed by atoms with E-state index in [-0.39, 0.29) is 17.5 Å². The molecule has 0 bridgehead atoms. The fourth-order valence-corrected chi connectivity index (χ4v) is 5.41. The van der Waals surface area contributed by atoms with E-state index in [4.69, 9.17) is 4.74 Å². The van der Waals surface area contributed by atoms with Crippen LogP contribution < -0.4 is 0 Å². The number of esters is 1. The summed E-state index contributed by atoms with van der Waals surface area (Å²) in [5, 5.41) is 9.95. The van der Waals surface area contributed by atoms with Gasteiger partial charge < -0.3 is 9.84 Å². The molecule has 0 aromatic heterocycles. The lowest BCUT2D eigenvalue weighted by molar-refractivity contribution is -0.147. The molecule has 3 aliphatic carbocycles. The van der Waals surface area contributed by atoms with Gasteiger partial charge in [0.1, 0.15) is 6.10 Å². The SMILES string of the molecule is CC(=O)O[C@H]1CCC/C(=C/C=C2\CCC[C@]3(C)C(CCCCC(C)(C)O)=CC=C23)C1. The van der Waals surface area contributed by atoms with Gasteiger partial charge in [-0.15, -0.1) is 0 Å². The lowest BCUT2D eigenvalue weighted by Gasteiger charge is -2.37. The summed E-state index contributed by atoms with van der Waals surface area (Å²) in [7, 11) is 0. The number of carbonyl (C=O) groups excluding carboxylic acids is 1. The first kappa shape index (κ1) is 23.1. The number of unbranched alkanes of at least 4 members (excludes halogenated alkanes) is 1. The summed E-state index contributed by atoms with van der Waals surface area (Å²) in [5.74, 6) is -0.167. The first-order valence-corrected chi connectivity index (χ1v) is 11.9. The average molecular weight is 413 g/mol. The Bertz CT molecular complexity index is 759. The molecule has 2 saturated carbocycles. The fraction of sp³-hybridized carbons (Fsp3) is 0.667. The second-order valence-electron chi connectivity index (χ2n) is 10.3. The molecule has 0 aliphatic heterocycles. The van der Waals surface area contributed by atoms with E-state index in [9.17, 15) is 9.90 Å². The molecule has 2 atom stereocenters. The third kappa shape index (κ3) is 5.97. The molecule has 0 radical (unpaired) electrons. The molecule has 0 aromatic rings. The van der Waals surface area contributed by atoms with Crippen molar-refractivity contribution in [3.8, 4) is 0 Å². The topological polar surface area (TPSA) is 46.5 Å². The van der Waals surface area contributed by atoms with E-state index in [2.05, 4.69) is 31.2 Å². The second kappa shape index (κ2) is 9.68. The monoisotopic (exact) mass is 412 g/mol. The Morgan fingerprint density at radius 1 is 1.23 bits per heavy atom. The van der Waals surface area contributed by atoms with Crippen molar-refractivity contribution in [3.05, 3.63) is 46.6 Å². The molecule has 3 heteroatoms. The minimum Gasteiger partial charge on any atom is -0.462 e. The number of hydrogen-bond acceptors (Lipinski definition) is 3. The van der Waals surface area contributed by atoms with Gasteiger partial charge in [-0.2, -0.15) is 0 Å². The van der Waals surface area contributed by atoms with Crippen molar-refractivity contribution in [2.24, 2.45) is 5.41 Å². The zero-order valence-corrected chi connectivity index (χ0v) is 19.4. The maximum absolute atomic E-state index is 11.3. The Kier molecular flexibility index (Phi) is 7.44. The molecular formula is C27H40O3. The van der Waals surface area contributed by atoms with Gasteiger partial charge in [0.15, 0.2) is 0 Å². The highest BCUT2D eigenvalue weighted by atomic mass is 16.5. The van der Waals surface area contributed by atoms with E-state index in [1.54, 1.807) is 5.57 Å². The van der Waals surface area contributed by atoms with Crippen LogP contribution in [0.15, 0.2) is 46.6 Å². The van der Waals surface area contributed by atoms with Crippen molar-refractivity contribution in [3.63, 3.8) is 0 Å². The number of aliphatic hydroxyl groups is 1. The molecule has 3 nitrogen and oxygen atoms in total. The Balaban J connectivity index is 1.61. The first-order valence-electron chi connectivity index (χ1n) is 11.9. The predicted octanol–water partition coefficient (Wildman–Crippen LogP) is 6.73. The van der Waals surface area contributed by atoms with Crippen LogP contribution >= 0.6 is 0 Å². The standard InChI is InChI=1S/C27H40O3/c1-20(28)30-24-12-7-9-21(19-24)13-14-22-10-8-18-27(4)23(15-16-25(22)27)11-5-6-17-26(2,3)29/h13-16,24,29H,5-12,17-19H2,1-4H3/b21-13-,22-14+/t24-,27+/m0/s1. The molecular weight excluding hydrogens is 372 g/mol. The summed E-state index contributed by atoms with van der Waals surface area (Å²) in [6.45, 7) is 7.72. The van der Waals surface area contributed by atoms with Crippen LogP contribution in [0.25, 0.3) is 0 Å². The molecule has 166 valence electrons. The fourth-order valence-electron chi connectivity index (χ4n) is 5.41. The molecule has 1 N–H and O–H groups in total. The van der Waals surface area contributed by atoms with Crippen molar-refractivity contribution < 1.29 is 14.6 Å². The number of fused-ring (bicyclic) bond motifs is 1. The van der Waals surface area contributed by atoms with Gasteiger partial charge in [0.05, 0.1) is 5.60 Å². The van der Waals surface area contributed by atoms with Gasteiger partial charge in [0.2, 0.25) is 0 Å². The van der Waals surface area contributed by atoms with Crippen LogP contribution in [0.3, 0.4) is 0 Å². The molecule has 0 aromatic carbocycles. The van der Waals surface area contributed by atoms with E-state index < -0.39 is 5.60 Å². The number of ether oxygens (including phenoxy) is 1. The number of hydrogen-bond donors (Lipinski definition) is 1. The van der Waals surface area contributed by atoms with Crippen LogP contribution in [0.2, 0.25) is 0 Å². The molecule has 0 spiro atoms. The van der Waals surface area contributed by atoms with Gasteiger partial charge in [0, 0.05) is 18.8 Å². The summed E-state index contributed by atoms with van der Waals surface area (Å²) >= 11 is 0. The Morgan fingerprint density at radius 2 is 2.03 bits per heavy atom. The second-order valence-corrected chi connectivity index (χ2v) is 10.3. The molecule has 0 heterocycles. The van der Waals surface area contributed by atoms with Crippen molar-refractivity contribution in [2.45, 2.75) is 110 Å². The van der Waals surface area contributed by atoms with Crippen molar-refractivity contribution in [1.29, 1.82) is 0 Å². The van der Waals surface area contributed by atoms with Crippen LogP contribution in [-0.4, -0.2) is 22.8 Å². The number of rotatable bonds is 7. The van der Waals surface area contributed by atoms with Crippen LogP contribution in [-0.2, 0) is 9.53 Å². The molecule has 3 aliphatic rings. The average Bonchev–Trinajstić information content (AvgIpc) is 2.99. The van der Waals surface area contributed by atoms with Crippen LogP contribution in [0.1, 0.15) is 98.3 Å². The van der Waals surface area contributed by atoms with Crippen molar-refractivity contribution in [2.75, 3.05) is 0 Å².